The standard InChI is InChI=1S/C14H24N2O3/c1-9(2)13-12(5-4-6-19-13)14(18)16-7-11(8-16)15-10(3)17/h9,11-13H,4-8H2,1-3H3,(H,15,17). The summed E-state index contributed by atoms with van der Waals surface area (Å²) in [6.45, 7) is 7.76. The normalized spacial score (nSPS) is 28.1. The Bertz CT molecular complexity index is 351. The minimum Gasteiger partial charge on any atom is -0.377 e. The molecular weight excluding hydrogens is 244 g/mol. The van der Waals surface area contributed by atoms with E-state index >= 15 is 0 Å². The molecule has 2 rings (SSSR count). The number of carbonyl (C=O) groups is 2. The predicted molar refractivity (Wildman–Crippen MR) is 71.5 cm³/mol. The fraction of sp³-hybridized carbons (Fsp3) is 0.857. The summed E-state index contributed by atoms with van der Waals surface area (Å²) in [6, 6.07) is 0.128. The predicted octanol–water partition coefficient (Wildman–Crippen LogP) is 0.785. The van der Waals surface area contributed by atoms with Crippen molar-refractivity contribution in [2.45, 2.75) is 45.8 Å². The molecule has 2 heterocycles. The Morgan fingerprint density at radius 3 is 2.58 bits per heavy atom. The summed E-state index contributed by atoms with van der Waals surface area (Å²) in [5.41, 5.74) is 0. The molecular formula is C14H24N2O3. The molecule has 5 heteroatoms. The van der Waals surface area contributed by atoms with Crippen molar-refractivity contribution in [3.8, 4) is 0 Å². The smallest absolute Gasteiger partial charge is 0.228 e. The van der Waals surface area contributed by atoms with Crippen LogP contribution >= 0.6 is 0 Å². The van der Waals surface area contributed by atoms with Crippen molar-refractivity contribution in [1.29, 1.82) is 0 Å². The number of rotatable bonds is 3. The van der Waals surface area contributed by atoms with Gasteiger partial charge in [-0.1, -0.05) is 13.8 Å². The van der Waals surface area contributed by atoms with Crippen LogP contribution in [0.5, 0.6) is 0 Å². The van der Waals surface area contributed by atoms with Gasteiger partial charge in [-0.25, -0.2) is 0 Å². The molecule has 108 valence electrons. The summed E-state index contributed by atoms with van der Waals surface area (Å²) in [5, 5.41) is 2.84. The van der Waals surface area contributed by atoms with Gasteiger partial charge < -0.3 is 15.0 Å². The van der Waals surface area contributed by atoms with Crippen LogP contribution < -0.4 is 5.32 Å². The van der Waals surface area contributed by atoms with Crippen LogP contribution in [-0.4, -0.2) is 48.6 Å². The summed E-state index contributed by atoms with van der Waals surface area (Å²) in [6.07, 6.45) is 1.92. The minimum atomic E-state index is -0.0295. The zero-order valence-corrected chi connectivity index (χ0v) is 12.0. The number of hydrogen-bond donors (Lipinski definition) is 1. The van der Waals surface area contributed by atoms with E-state index in [1.54, 1.807) is 0 Å². The highest BCUT2D eigenvalue weighted by atomic mass is 16.5. The van der Waals surface area contributed by atoms with E-state index in [-0.39, 0.29) is 29.9 Å². The van der Waals surface area contributed by atoms with E-state index in [0.29, 0.717) is 19.0 Å². The van der Waals surface area contributed by atoms with Crippen molar-refractivity contribution >= 4 is 11.8 Å². The van der Waals surface area contributed by atoms with Gasteiger partial charge in [0.2, 0.25) is 11.8 Å². The first kappa shape index (κ1) is 14.3. The van der Waals surface area contributed by atoms with Crippen LogP contribution in [0.25, 0.3) is 0 Å². The number of amides is 2. The van der Waals surface area contributed by atoms with E-state index in [1.807, 2.05) is 4.90 Å². The van der Waals surface area contributed by atoms with Crippen LogP contribution in [0.4, 0.5) is 0 Å². The van der Waals surface area contributed by atoms with Crippen LogP contribution in [0, 0.1) is 11.8 Å². The second kappa shape index (κ2) is 5.90. The highest BCUT2D eigenvalue weighted by Crippen LogP contribution is 2.29. The van der Waals surface area contributed by atoms with Crippen molar-refractivity contribution < 1.29 is 14.3 Å². The van der Waals surface area contributed by atoms with Gasteiger partial charge in [0, 0.05) is 26.6 Å². The fourth-order valence-corrected chi connectivity index (χ4v) is 3.00. The molecule has 0 aromatic rings. The number of ether oxygens (including phenoxy) is 1. The van der Waals surface area contributed by atoms with Crippen molar-refractivity contribution in [1.82, 2.24) is 10.2 Å². The van der Waals surface area contributed by atoms with Crippen LogP contribution in [0.1, 0.15) is 33.6 Å². The second-order valence-corrected chi connectivity index (χ2v) is 5.97. The molecule has 2 saturated heterocycles. The SMILES string of the molecule is CC(=O)NC1CN(C(=O)C2CCCOC2C(C)C)C1. The molecule has 2 unspecified atom stereocenters. The molecule has 0 aromatic carbocycles. The molecule has 0 bridgehead atoms. The van der Waals surface area contributed by atoms with E-state index in [0.717, 1.165) is 19.4 Å². The topological polar surface area (TPSA) is 58.6 Å². The quantitative estimate of drug-likeness (QED) is 0.823. The van der Waals surface area contributed by atoms with E-state index in [2.05, 4.69) is 19.2 Å². The third-order valence-corrected chi connectivity index (χ3v) is 3.94. The molecule has 2 amide bonds. The van der Waals surface area contributed by atoms with E-state index in [4.69, 9.17) is 4.74 Å². The number of carbonyl (C=O) groups excluding carboxylic acids is 2. The average Bonchev–Trinajstić information content (AvgIpc) is 2.32. The molecule has 0 spiro atoms. The Kier molecular flexibility index (Phi) is 4.45. The van der Waals surface area contributed by atoms with Crippen LogP contribution in [0.2, 0.25) is 0 Å². The number of likely N-dealkylation sites (tertiary alicyclic amines) is 1. The van der Waals surface area contributed by atoms with Crippen molar-refractivity contribution in [3.05, 3.63) is 0 Å². The summed E-state index contributed by atoms with van der Waals surface area (Å²) in [4.78, 5) is 25.2. The van der Waals surface area contributed by atoms with E-state index in [9.17, 15) is 9.59 Å². The monoisotopic (exact) mass is 268 g/mol. The summed E-state index contributed by atoms with van der Waals surface area (Å²) < 4.78 is 5.77. The Labute approximate surface area is 114 Å². The van der Waals surface area contributed by atoms with E-state index < -0.39 is 0 Å². The molecule has 5 nitrogen and oxygen atoms in total. The Morgan fingerprint density at radius 2 is 2.00 bits per heavy atom. The minimum absolute atomic E-state index is 0.00738. The maximum atomic E-state index is 12.5. The van der Waals surface area contributed by atoms with Crippen molar-refractivity contribution in [3.63, 3.8) is 0 Å². The second-order valence-electron chi connectivity index (χ2n) is 5.97. The van der Waals surface area contributed by atoms with Gasteiger partial charge >= 0.3 is 0 Å². The Hall–Kier alpha value is -1.10. The lowest BCUT2D eigenvalue weighted by atomic mass is 9.85. The van der Waals surface area contributed by atoms with E-state index in [1.165, 1.54) is 6.92 Å². The largest absolute Gasteiger partial charge is 0.377 e. The molecule has 2 aliphatic rings. The van der Waals surface area contributed by atoms with Crippen molar-refractivity contribution in [2.75, 3.05) is 19.7 Å². The lowest BCUT2D eigenvalue weighted by Crippen LogP contribution is -2.63. The van der Waals surface area contributed by atoms with Gasteiger partial charge in [0.15, 0.2) is 0 Å². The molecule has 1 N–H and O–H groups in total. The van der Waals surface area contributed by atoms with Gasteiger partial charge in [-0.05, 0) is 18.8 Å². The molecule has 2 fully saturated rings. The van der Waals surface area contributed by atoms with Crippen LogP contribution in [-0.2, 0) is 14.3 Å². The first-order valence-corrected chi connectivity index (χ1v) is 7.16. The van der Waals surface area contributed by atoms with Gasteiger partial charge in [0.25, 0.3) is 0 Å². The summed E-state index contributed by atoms with van der Waals surface area (Å²) in [5.74, 6) is 0.520. The maximum absolute atomic E-state index is 12.5. The van der Waals surface area contributed by atoms with Crippen molar-refractivity contribution in [2.24, 2.45) is 11.8 Å². The summed E-state index contributed by atoms with van der Waals surface area (Å²) >= 11 is 0. The highest BCUT2D eigenvalue weighted by molar-refractivity contribution is 5.81. The summed E-state index contributed by atoms with van der Waals surface area (Å²) in [7, 11) is 0. The number of nitrogens with one attached hydrogen (secondary N) is 1. The zero-order chi connectivity index (χ0) is 14.0. The third-order valence-electron chi connectivity index (χ3n) is 3.94. The zero-order valence-electron chi connectivity index (χ0n) is 12.0. The van der Waals surface area contributed by atoms with Gasteiger partial charge in [-0.2, -0.15) is 0 Å². The van der Waals surface area contributed by atoms with Crippen LogP contribution in [0.15, 0.2) is 0 Å². The lowest BCUT2D eigenvalue weighted by molar-refractivity contribution is -0.153. The molecule has 2 atom stereocenters. The Balaban J connectivity index is 1.87. The lowest BCUT2D eigenvalue weighted by Gasteiger charge is -2.43. The Morgan fingerprint density at radius 1 is 1.32 bits per heavy atom. The highest BCUT2D eigenvalue weighted by Gasteiger charge is 2.40. The number of hydrogen-bond acceptors (Lipinski definition) is 3. The van der Waals surface area contributed by atoms with Crippen LogP contribution in [0.3, 0.4) is 0 Å². The van der Waals surface area contributed by atoms with Gasteiger partial charge in [-0.3, -0.25) is 9.59 Å². The molecule has 0 radical (unpaired) electrons. The average molecular weight is 268 g/mol. The molecule has 0 aliphatic carbocycles. The first-order chi connectivity index (χ1) is 8.99. The number of nitrogens with zero attached hydrogens (tertiary/aromatic N) is 1. The molecule has 19 heavy (non-hydrogen) atoms. The molecule has 0 aromatic heterocycles. The van der Waals surface area contributed by atoms with Gasteiger partial charge in [-0.15, -0.1) is 0 Å². The van der Waals surface area contributed by atoms with Gasteiger partial charge in [0.05, 0.1) is 18.1 Å². The molecule has 0 saturated carbocycles. The van der Waals surface area contributed by atoms with Gasteiger partial charge in [0.1, 0.15) is 0 Å². The first-order valence-electron chi connectivity index (χ1n) is 7.16. The molecule has 2 aliphatic heterocycles. The fourth-order valence-electron chi connectivity index (χ4n) is 3.00. The maximum Gasteiger partial charge on any atom is 0.228 e. The third kappa shape index (κ3) is 3.26.